The van der Waals surface area contributed by atoms with Crippen molar-refractivity contribution in [3.63, 3.8) is 0 Å². The van der Waals surface area contributed by atoms with Crippen LogP contribution in [0.3, 0.4) is 0 Å². The molecule has 2 rings (SSSR count). The van der Waals surface area contributed by atoms with Crippen LogP contribution in [0, 0.1) is 11.8 Å². The van der Waals surface area contributed by atoms with Gasteiger partial charge in [-0.05, 0) is 31.6 Å². The van der Waals surface area contributed by atoms with Crippen LogP contribution in [0.25, 0.3) is 0 Å². The van der Waals surface area contributed by atoms with Gasteiger partial charge in [-0.2, -0.15) is 8.78 Å². The summed E-state index contributed by atoms with van der Waals surface area (Å²) in [7, 11) is 0. The molecule has 120 valence electrons. The molecule has 2 bridgehead atoms. The average molecular weight is 305 g/mol. The Morgan fingerprint density at radius 1 is 1.38 bits per heavy atom. The van der Waals surface area contributed by atoms with E-state index >= 15 is 0 Å². The third kappa shape index (κ3) is 3.33. The van der Waals surface area contributed by atoms with Gasteiger partial charge in [-0.1, -0.05) is 13.8 Å². The van der Waals surface area contributed by atoms with Crippen molar-refractivity contribution in [2.45, 2.75) is 63.8 Å². The smallest absolute Gasteiger partial charge is 0.323 e. The number of carbonyl (C=O) groups excluding carboxylic acids is 2. The highest BCUT2D eigenvalue weighted by Gasteiger charge is 2.49. The number of rotatable bonds is 6. The van der Waals surface area contributed by atoms with E-state index in [-0.39, 0.29) is 24.5 Å². The van der Waals surface area contributed by atoms with Gasteiger partial charge in [0.25, 0.3) is 0 Å². The molecule has 2 fully saturated rings. The van der Waals surface area contributed by atoms with Gasteiger partial charge in [-0.15, -0.1) is 0 Å². The molecule has 0 amide bonds. The van der Waals surface area contributed by atoms with Crippen LogP contribution in [0.5, 0.6) is 0 Å². The van der Waals surface area contributed by atoms with E-state index in [0.29, 0.717) is 12.8 Å². The van der Waals surface area contributed by atoms with Crippen LogP contribution in [0.1, 0.15) is 39.5 Å². The molecule has 0 radical (unpaired) electrons. The number of alkyl halides is 2. The lowest BCUT2D eigenvalue weighted by atomic mass is 9.89. The Kier molecular flexibility index (Phi) is 4.51. The Bertz CT molecular complexity index is 424. The summed E-state index contributed by atoms with van der Waals surface area (Å²) in [4.78, 5) is 22.6. The number of fused-ring (bicyclic) bond motifs is 2. The maximum Gasteiger partial charge on any atom is 0.323 e. The highest BCUT2D eigenvalue weighted by Crippen LogP contribution is 2.40. The Balaban J connectivity index is 2.04. The summed E-state index contributed by atoms with van der Waals surface area (Å²) in [6, 6.07) is 0. The Morgan fingerprint density at radius 3 is 2.48 bits per heavy atom. The topological polar surface area (TPSA) is 75.7 Å². The van der Waals surface area contributed by atoms with Crippen molar-refractivity contribution in [3.8, 4) is 0 Å². The fourth-order valence-electron chi connectivity index (χ4n) is 2.94. The first-order valence-corrected chi connectivity index (χ1v) is 7.17. The molecular formula is C14H19F2O5-. The first-order chi connectivity index (χ1) is 9.71. The molecule has 2 aliphatic rings. The van der Waals surface area contributed by atoms with Crippen LogP contribution in [0.4, 0.5) is 8.78 Å². The third-order valence-corrected chi connectivity index (χ3v) is 4.03. The zero-order valence-corrected chi connectivity index (χ0v) is 12.0. The molecular weight excluding hydrogens is 286 g/mol. The summed E-state index contributed by atoms with van der Waals surface area (Å²) in [5.41, 5.74) is 0. The standard InChI is InChI=1S/C14H20F2O5/c1-7(2)5-11(14(15,16)13(18)19)21-12(17)9-6-8-3-4-10(9)20-8/h7-11H,3-6H2,1-2H3,(H,18,19)/p-1. The van der Waals surface area contributed by atoms with Gasteiger partial charge in [-0.25, -0.2) is 0 Å². The third-order valence-electron chi connectivity index (χ3n) is 4.03. The molecule has 2 heterocycles. The average Bonchev–Trinajstić information content (AvgIpc) is 2.99. The zero-order chi connectivity index (χ0) is 15.8. The van der Waals surface area contributed by atoms with Crippen LogP contribution < -0.4 is 5.11 Å². The number of carbonyl (C=O) groups is 2. The maximum atomic E-state index is 13.6. The number of carboxylic acids is 1. The lowest BCUT2D eigenvalue weighted by molar-refractivity contribution is -0.336. The number of hydrogen-bond donors (Lipinski definition) is 0. The molecule has 7 heteroatoms. The molecule has 0 aromatic heterocycles. The second-order valence-corrected chi connectivity index (χ2v) is 6.18. The monoisotopic (exact) mass is 305 g/mol. The molecule has 0 saturated carbocycles. The molecule has 0 spiro atoms. The summed E-state index contributed by atoms with van der Waals surface area (Å²) >= 11 is 0. The predicted octanol–water partition coefficient (Wildman–Crippen LogP) is 0.897. The zero-order valence-electron chi connectivity index (χ0n) is 12.0. The molecule has 2 saturated heterocycles. The second-order valence-electron chi connectivity index (χ2n) is 6.18. The Morgan fingerprint density at radius 2 is 2.05 bits per heavy atom. The minimum absolute atomic E-state index is 0.0160. The molecule has 4 atom stereocenters. The SMILES string of the molecule is CC(C)CC(OC(=O)C1CC2CCC1O2)C(F)(F)C(=O)[O-]. The van der Waals surface area contributed by atoms with E-state index in [2.05, 4.69) is 0 Å². The van der Waals surface area contributed by atoms with Gasteiger partial charge in [0.2, 0.25) is 0 Å². The minimum Gasteiger partial charge on any atom is -0.544 e. The molecule has 0 aromatic rings. The quantitative estimate of drug-likeness (QED) is 0.681. The van der Waals surface area contributed by atoms with E-state index in [9.17, 15) is 23.5 Å². The van der Waals surface area contributed by atoms with Crippen LogP contribution in [0.15, 0.2) is 0 Å². The van der Waals surface area contributed by atoms with Gasteiger partial charge in [0.05, 0.1) is 18.1 Å². The van der Waals surface area contributed by atoms with E-state index in [0.717, 1.165) is 6.42 Å². The molecule has 5 nitrogen and oxygen atoms in total. The molecule has 0 aliphatic carbocycles. The van der Waals surface area contributed by atoms with Gasteiger partial charge >= 0.3 is 11.9 Å². The molecule has 21 heavy (non-hydrogen) atoms. The van der Waals surface area contributed by atoms with Crippen molar-refractivity contribution >= 4 is 11.9 Å². The van der Waals surface area contributed by atoms with Crippen molar-refractivity contribution < 1.29 is 33.0 Å². The van der Waals surface area contributed by atoms with Gasteiger partial charge < -0.3 is 19.4 Å². The molecule has 0 aromatic carbocycles. The number of aliphatic carboxylic acids is 1. The number of hydrogen-bond acceptors (Lipinski definition) is 5. The Hall–Kier alpha value is -1.24. The number of ether oxygens (including phenoxy) is 2. The molecule has 4 unspecified atom stereocenters. The fourth-order valence-corrected chi connectivity index (χ4v) is 2.94. The fraction of sp³-hybridized carbons (Fsp3) is 0.857. The first-order valence-electron chi connectivity index (χ1n) is 7.17. The van der Waals surface area contributed by atoms with Crippen LogP contribution in [-0.2, 0) is 19.1 Å². The van der Waals surface area contributed by atoms with Crippen molar-refractivity contribution in [2.75, 3.05) is 0 Å². The lowest BCUT2D eigenvalue weighted by Crippen LogP contribution is -2.52. The normalized spacial score (nSPS) is 29.7. The van der Waals surface area contributed by atoms with Crippen LogP contribution in [-0.4, -0.2) is 36.2 Å². The molecule has 2 aliphatic heterocycles. The number of carboxylic acid groups (broad SMARTS) is 1. The molecule has 0 N–H and O–H groups in total. The van der Waals surface area contributed by atoms with Gasteiger partial charge in [0, 0.05) is 0 Å². The van der Waals surface area contributed by atoms with Gasteiger partial charge in [0.1, 0.15) is 5.97 Å². The highest BCUT2D eigenvalue weighted by atomic mass is 19.3. The van der Waals surface area contributed by atoms with Crippen molar-refractivity contribution in [2.24, 2.45) is 11.8 Å². The van der Waals surface area contributed by atoms with Crippen LogP contribution >= 0.6 is 0 Å². The minimum atomic E-state index is -4.20. The summed E-state index contributed by atoms with van der Waals surface area (Å²) in [6.45, 7) is 3.29. The number of esters is 1. The summed E-state index contributed by atoms with van der Waals surface area (Å²) in [5.74, 6) is -8.34. The van der Waals surface area contributed by atoms with Crippen LogP contribution in [0.2, 0.25) is 0 Å². The lowest BCUT2D eigenvalue weighted by Gasteiger charge is -2.30. The largest absolute Gasteiger partial charge is 0.544 e. The van der Waals surface area contributed by atoms with Gasteiger partial charge in [0.15, 0.2) is 6.10 Å². The van der Waals surface area contributed by atoms with E-state index < -0.39 is 29.9 Å². The van der Waals surface area contributed by atoms with Crippen molar-refractivity contribution in [3.05, 3.63) is 0 Å². The van der Waals surface area contributed by atoms with E-state index in [1.54, 1.807) is 13.8 Å². The van der Waals surface area contributed by atoms with Crippen molar-refractivity contribution in [1.29, 1.82) is 0 Å². The van der Waals surface area contributed by atoms with Crippen molar-refractivity contribution in [1.82, 2.24) is 0 Å². The summed E-state index contributed by atoms with van der Waals surface area (Å²) in [5, 5.41) is 10.6. The highest BCUT2D eigenvalue weighted by molar-refractivity contribution is 5.77. The maximum absolute atomic E-state index is 13.6. The number of halogens is 2. The second kappa shape index (κ2) is 5.87. The van der Waals surface area contributed by atoms with E-state index in [4.69, 9.17) is 9.47 Å². The van der Waals surface area contributed by atoms with E-state index in [1.165, 1.54) is 0 Å². The summed E-state index contributed by atoms with van der Waals surface area (Å²) in [6.07, 6.45) is -0.538. The Labute approximate surface area is 121 Å². The summed E-state index contributed by atoms with van der Waals surface area (Å²) < 4.78 is 37.6. The predicted molar refractivity (Wildman–Crippen MR) is 65.3 cm³/mol. The van der Waals surface area contributed by atoms with E-state index in [1.807, 2.05) is 0 Å². The van der Waals surface area contributed by atoms with Gasteiger partial charge in [-0.3, -0.25) is 4.79 Å². The first kappa shape index (κ1) is 16.1.